The van der Waals surface area contributed by atoms with Crippen molar-refractivity contribution in [2.75, 3.05) is 33.8 Å². The van der Waals surface area contributed by atoms with Crippen LogP contribution in [0.4, 0.5) is 0 Å². The average Bonchev–Trinajstić information content (AvgIpc) is 3.03. The number of carbonyl (C=O) groups excluding carboxylic acids is 2. The Kier molecular flexibility index (Phi) is 7.59. The first-order valence-corrected chi connectivity index (χ1v) is 11.1. The van der Waals surface area contributed by atoms with Crippen LogP contribution in [0.5, 0.6) is 5.75 Å². The number of aryl methyl sites for hydroxylation is 1. The van der Waals surface area contributed by atoms with Crippen molar-refractivity contribution in [3.05, 3.63) is 69.8 Å². The van der Waals surface area contributed by atoms with Crippen molar-refractivity contribution in [3.63, 3.8) is 0 Å². The second-order valence-corrected chi connectivity index (χ2v) is 8.37. The molecule has 1 N–H and O–H groups in total. The first-order chi connectivity index (χ1) is 15.3. The minimum atomic E-state index is -0.719. The quantitative estimate of drug-likeness (QED) is 0.364. The second-order valence-electron chi connectivity index (χ2n) is 7.97. The van der Waals surface area contributed by atoms with Gasteiger partial charge in [0, 0.05) is 18.7 Å². The molecule has 0 aromatic heterocycles. The van der Waals surface area contributed by atoms with E-state index < -0.39 is 17.7 Å². The van der Waals surface area contributed by atoms with E-state index in [2.05, 4.69) is 6.92 Å². The van der Waals surface area contributed by atoms with Gasteiger partial charge < -0.3 is 19.6 Å². The van der Waals surface area contributed by atoms with Gasteiger partial charge in [0.25, 0.3) is 11.7 Å². The molecule has 2 aromatic carbocycles. The van der Waals surface area contributed by atoms with E-state index in [0.29, 0.717) is 25.4 Å². The fraction of sp³-hybridized carbons (Fsp3) is 0.360. The van der Waals surface area contributed by atoms with Gasteiger partial charge in [-0.25, -0.2) is 0 Å². The molecule has 1 amide bonds. The van der Waals surface area contributed by atoms with Gasteiger partial charge in [0.05, 0.1) is 23.2 Å². The van der Waals surface area contributed by atoms with E-state index in [1.807, 2.05) is 50.2 Å². The summed E-state index contributed by atoms with van der Waals surface area (Å²) in [4.78, 5) is 29.6. The van der Waals surface area contributed by atoms with Crippen LogP contribution in [0, 0.1) is 0 Å². The molecule has 3 rings (SSSR count). The average molecular weight is 457 g/mol. The van der Waals surface area contributed by atoms with Gasteiger partial charge in [-0.2, -0.15) is 0 Å². The molecule has 1 heterocycles. The van der Waals surface area contributed by atoms with Gasteiger partial charge in [0.2, 0.25) is 0 Å². The third-order valence-corrected chi connectivity index (χ3v) is 5.87. The number of aliphatic hydroxyl groups excluding tert-OH is 1. The molecule has 0 spiro atoms. The minimum absolute atomic E-state index is 0.0357. The first-order valence-electron chi connectivity index (χ1n) is 10.7. The molecule has 170 valence electrons. The van der Waals surface area contributed by atoms with Crippen molar-refractivity contribution in [1.29, 1.82) is 0 Å². The Morgan fingerprint density at radius 1 is 1.12 bits per heavy atom. The Balaban J connectivity index is 2.16. The van der Waals surface area contributed by atoms with Gasteiger partial charge in [0.15, 0.2) is 0 Å². The number of amides is 1. The van der Waals surface area contributed by atoms with E-state index in [4.69, 9.17) is 16.3 Å². The number of benzene rings is 2. The zero-order valence-corrected chi connectivity index (χ0v) is 19.6. The number of likely N-dealkylation sites (N-methyl/N-ethyl adjacent to an activating group) is 1. The topological polar surface area (TPSA) is 70.1 Å². The summed E-state index contributed by atoms with van der Waals surface area (Å²) in [5.41, 5.74) is 2.21. The minimum Gasteiger partial charge on any atom is -0.507 e. The van der Waals surface area contributed by atoms with E-state index in [-0.39, 0.29) is 21.9 Å². The molecule has 1 aliphatic heterocycles. The van der Waals surface area contributed by atoms with Crippen molar-refractivity contribution in [1.82, 2.24) is 9.80 Å². The van der Waals surface area contributed by atoms with Gasteiger partial charge in [0.1, 0.15) is 11.5 Å². The molecule has 32 heavy (non-hydrogen) atoms. The van der Waals surface area contributed by atoms with Crippen LogP contribution in [0.1, 0.15) is 36.6 Å². The van der Waals surface area contributed by atoms with Crippen LogP contribution in [0.3, 0.4) is 0 Å². The van der Waals surface area contributed by atoms with Gasteiger partial charge in [-0.3, -0.25) is 9.59 Å². The molecule has 0 bridgehead atoms. The number of Topliss-reactive ketones (excluding diaryl/α,β-unsaturated/α-hetero) is 1. The molecule has 1 unspecified atom stereocenters. The van der Waals surface area contributed by atoms with E-state index >= 15 is 0 Å². The fourth-order valence-electron chi connectivity index (χ4n) is 3.79. The highest BCUT2D eigenvalue weighted by atomic mass is 35.5. The maximum absolute atomic E-state index is 13.1. The standard InChI is InChI=1S/C25H29ClN2O4/c1-5-16-7-9-17(10-8-16)22-21(24(30)25(31)28(22)14-13-27(3)4)23(29)19-15-18(32-6-2)11-12-20(19)26/h7-12,15,22,29H,5-6,13-14H2,1-4H3/b23-21+. The number of halogens is 1. The molecule has 6 nitrogen and oxygen atoms in total. The molecule has 0 radical (unpaired) electrons. The van der Waals surface area contributed by atoms with Crippen LogP contribution in [-0.4, -0.2) is 60.4 Å². The predicted molar refractivity (Wildman–Crippen MR) is 126 cm³/mol. The zero-order valence-electron chi connectivity index (χ0n) is 18.9. The summed E-state index contributed by atoms with van der Waals surface area (Å²) in [6.07, 6.45) is 0.876. The van der Waals surface area contributed by atoms with Crippen LogP contribution in [-0.2, 0) is 16.0 Å². The molecule has 2 aromatic rings. The molecular weight excluding hydrogens is 428 g/mol. The third-order valence-electron chi connectivity index (χ3n) is 5.54. The van der Waals surface area contributed by atoms with Crippen molar-refractivity contribution >= 4 is 29.1 Å². The number of nitrogens with zero attached hydrogens (tertiary/aromatic N) is 2. The lowest BCUT2D eigenvalue weighted by Crippen LogP contribution is -2.35. The largest absolute Gasteiger partial charge is 0.507 e. The Hall–Kier alpha value is -2.83. The normalized spacial score (nSPS) is 17.9. The number of ketones is 1. The van der Waals surface area contributed by atoms with Crippen LogP contribution in [0.25, 0.3) is 5.76 Å². The highest BCUT2D eigenvalue weighted by Gasteiger charge is 2.46. The molecule has 1 saturated heterocycles. The SMILES string of the molecule is CCOc1ccc(Cl)c(/C(O)=C2\C(=O)C(=O)N(CCN(C)C)C2c2ccc(CC)cc2)c1. The summed E-state index contributed by atoms with van der Waals surface area (Å²) in [5, 5.41) is 11.5. The number of ether oxygens (including phenoxy) is 1. The number of aliphatic hydroxyl groups is 1. The summed E-state index contributed by atoms with van der Waals surface area (Å²) in [6, 6.07) is 12.0. The molecule has 1 aliphatic rings. The van der Waals surface area contributed by atoms with Crippen molar-refractivity contribution in [2.45, 2.75) is 26.3 Å². The highest BCUT2D eigenvalue weighted by Crippen LogP contribution is 2.41. The zero-order chi connectivity index (χ0) is 23.4. The van der Waals surface area contributed by atoms with E-state index in [9.17, 15) is 14.7 Å². The summed E-state index contributed by atoms with van der Waals surface area (Å²) in [5.74, 6) is -1.13. The second kappa shape index (κ2) is 10.2. The van der Waals surface area contributed by atoms with Crippen LogP contribution >= 0.6 is 11.6 Å². The number of carbonyl (C=O) groups is 2. The Morgan fingerprint density at radius 3 is 2.41 bits per heavy atom. The molecular formula is C25H29ClN2O4. The maximum atomic E-state index is 13.1. The Bertz CT molecular complexity index is 1030. The summed E-state index contributed by atoms with van der Waals surface area (Å²) in [6.45, 7) is 5.29. The molecule has 0 aliphatic carbocycles. The van der Waals surface area contributed by atoms with Crippen LogP contribution in [0.2, 0.25) is 5.02 Å². The number of hydrogen-bond acceptors (Lipinski definition) is 5. The monoisotopic (exact) mass is 456 g/mol. The number of likely N-dealkylation sites (tertiary alicyclic amines) is 1. The molecule has 7 heteroatoms. The fourth-order valence-corrected chi connectivity index (χ4v) is 4.00. The number of hydrogen-bond donors (Lipinski definition) is 1. The van der Waals surface area contributed by atoms with Gasteiger partial charge >= 0.3 is 0 Å². The number of rotatable bonds is 8. The summed E-state index contributed by atoms with van der Waals surface area (Å²) >= 11 is 6.36. The molecule has 1 fully saturated rings. The van der Waals surface area contributed by atoms with Gasteiger partial charge in [-0.15, -0.1) is 0 Å². The third kappa shape index (κ3) is 4.81. The molecule has 1 atom stereocenters. The summed E-state index contributed by atoms with van der Waals surface area (Å²) in [7, 11) is 3.81. The Morgan fingerprint density at radius 2 is 1.81 bits per heavy atom. The van der Waals surface area contributed by atoms with Gasteiger partial charge in [-0.05, 0) is 56.8 Å². The summed E-state index contributed by atoms with van der Waals surface area (Å²) < 4.78 is 5.53. The van der Waals surface area contributed by atoms with Crippen molar-refractivity contribution < 1.29 is 19.4 Å². The Labute approximate surface area is 194 Å². The van der Waals surface area contributed by atoms with Crippen molar-refractivity contribution in [3.8, 4) is 5.75 Å². The lowest BCUT2D eigenvalue weighted by Gasteiger charge is -2.26. The first kappa shape index (κ1) is 23.8. The highest BCUT2D eigenvalue weighted by molar-refractivity contribution is 6.47. The van der Waals surface area contributed by atoms with Crippen LogP contribution < -0.4 is 4.74 Å². The van der Waals surface area contributed by atoms with E-state index in [1.54, 1.807) is 18.2 Å². The van der Waals surface area contributed by atoms with E-state index in [0.717, 1.165) is 17.5 Å². The lowest BCUT2D eigenvalue weighted by molar-refractivity contribution is -0.140. The van der Waals surface area contributed by atoms with E-state index in [1.165, 1.54) is 4.90 Å². The lowest BCUT2D eigenvalue weighted by atomic mass is 9.94. The van der Waals surface area contributed by atoms with Gasteiger partial charge in [-0.1, -0.05) is 42.8 Å². The predicted octanol–water partition coefficient (Wildman–Crippen LogP) is 4.28. The smallest absolute Gasteiger partial charge is 0.295 e. The molecule has 0 saturated carbocycles. The van der Waals surface area contributed by atoms with Crippen LogP contribution in [0.15, 0.2) is 48.0 Å². The van der Waals surface area contributed by atoms with Crippen molar-refractivity contribution in [2.24, 2.45) is 0 Å². The maximum Gasteiger partial charge on any atom is 0.295 e.